The molecule has 1 aromatic carbocycles. The lowest BCUT2D eigenvalue weighted by atomic mass is 10.1. The van der Waals surface area contributed by atoms with Gasteiger partial charge >= 0.3 is 0 Å². The topological polar surface area (TPSA) is 95.2 Å². The molecule has 0 atom stereocenters. The molecule has 25 heavy (non-hydrogen) atoms. The molecule has 1 aliphatic rings. The summed E-state index contributed by atoms with van der Waals surface area (Å²) in [4.78, 5) is 12.8. The number of rotatable bonds is 4. The van der Waals surface area contributed by atoms with Crippen molar-refractivity contribution >= 4 is 17.5 Å². The second-order valence-electron chi connectivity index (χ2n) is 5.62. The molecule has 7 nitrogen and oxygen atoms in total. The van der Waals surface area contributed by atoms with Crippen molar-refractivity contribution in [2.24, 2.45) is 0 Å². The van der Waals surface area contributed by atoms with Gasteiger partial charge in [0, 0.05) is 12.5 Å². The standard InChI is InChI=1S/C18H17N5O2/c19-16-2-1-3-17(22-16)23-18-10-13(20-11-21-18)8-12-4-5-14-15(9-12)25-7-6-24-14/h1-5,9-11H,6-8H2,(H3,19,20,21,22,23). The van der Waals surface area contributed by atoms with Crippen LogP contribution in [-0.2, 0) is 6.42 Å². The van der Waals surface area contributed by atoms with Gasteiger partial charge in [-0.05, 0) is 29.8 Å². The molecule has 7 heteroatoms. The summed E-state index contributed by atoms with van der Waals surface area (Å²) in [5.41, 5.74) is 7.67. The van der Waals surface area contributed by atoms with E-state index in [1.165, 1.54) is 6.33 Å². The first-order valence-electron chi connectivity index (χ1n) is 7.95. The molecule has 126 valence electrons. The van der Waals surface area contributed by atoms with Crippen LogP contribution >= 0.6 is 0 Å². The molecular weight excluding hydrogens is 318 g/mol. The molecule has 0 saturated heterocycles. The second kappa shape index (κ2) is 6.64. The van der Waals surface area contributed by atoms with Crippen molar-refractivity contribution in [1.29, 1.82) is 0 Å². The number of ether oxygens (including phenoxy) is 2. The van der Waals surface area contributed by atoms with Gasteiger partial charge in [-0.2, -0.15) is 0 Å². The van der Waals surface area contributed by atoms with Crippen LogP contribution in [0.25, 0.3) is 0 Å². The lowest BCUT2D eigenvalue weighted by molar-refractivity contribution is 0.171. The molecule has 2 aromatic heterocycles. The predicted molar refractivity (Wildman–Crippen MR) is 94.2 cm³/mol. The van der Waals surface area contributed by atoms with Crippen LogP contribution in [0.2, 0.25) is 0 Å². The van der Waals surface area contributed by atoms with E-state index in [0.29, 0.717) is 37.1 Å². The van der Waals surface area contributed by atoms with Gasteiger partial charge in [-0.25, -0.2) is 15.0 Å². The highest BCUT2D eigenvalue weighted by atomic mass is 16.6. The molecule has 3 heterocycles. The molecule has 0 aliphatic carbocycles. The quantitative estimate of drug-likeness (QED) is 0.756. The SMILES string of the molecule is Nc1cccc(Nc2cc(Cc3ccc4c(c3)OCCO4)ncn2)n1. The van der Waals surface area contributed by atoms with Gasteiger partial charge in [0.25, 0.3) is 0 Å². The van der Waals surface area contributed by atoms with Gasteiger partial charge < -0.3 is 20.5 Å². The van der Waals surface area contributed by atoms with Crippen molar-refractivity contribution in [2.75, 3.05) is 24.3 Å². The van der Waals surface area contributed by atoms with Gasteiger partial charge in [-0.15, -0.1) is 0 Å². The van der Waals surface area contributed by atoms with Crippen LogP contribution in [0, 0.1) is 0 Å². The summed E-state index contributed by atoms with van der Waals surface area (Å²) in [6, 6.07) is 13.2. The van der Waals surface area contributed by atoms with Crippen LogP contribution in [0.1, 0.15) is 11.3 Å². The first kappa shape index (κ1) is 15.2. The zero-order valence-corrected chi connectivity index (χ0v) is 13.5. The third-order valence-electron chi connectivity index (χ3n) is 3.74. The Kier molecular flexibility index (Phi) is 4.04. The molecule has 4 rings (SSSR count). The van der Waals surface area contributed by atoms with Gasteiger partial charge in [0.1, 0.15) is 37.0 Å². The van der Waals surface area contributed by atoms with Crippen LogP contribution in [0.5, 0.6) is 11.5 Å². The Bertz CT molecular complexity index is 900. The number of nitrogen functional groups attached to an aromatic ring is 1. The van der Waals surface area contributed by atoms with Gasteiger partial charge in [0.2, 0.25) is 0 Å². The minimum Gasteiger partial charge on any atom is -0.486 e. The Morgan fingerprint density at radius 2 is 1.84 bits per heavy atom. The number of fused-ring (bicyclic) bond motifs is 1. The fourth-order valence-corrected chi connectivity index (χ4v) is 2.62. The van der Waals surface area contributed by atoms with Crippen molar-refractivity contribution < 1.29 is 9.47 Å². The van der Waals surface area contributed by atoms with Crippen LogP contribution in [0.3, 0.4) is 0 Å². The first-order valence-corrected chi connectivity index (χ1v) is 7.95. The zero-order chi connectivity index (χ0) is 17.1. The third-order valence-corrected chi connectivity index (χ3v) is 3.74. The maximum Gasteiger partial charge on any atom is 0.161 e. The van der Waals surface area contributed by atoms with E-state index in [1.54, 1.807) is 6.07 Å². The van der Waals surface area contributed by atoms with Gasteiger partial charge in [-0.3, -0.25) is 0 Å². The Hall–Kier alpha value is -3.35. The van der Waals surface area contributed by atoms with Crippen LogP contribution in [0.4, 0.5) is 17.5 Å². The van der Waals surface area contributed by atoms with Crippen molar-refractivity contribution in [3.05, 3.63) is 60.0 Å². The van der Waals surface area contributed by atoms with Crippen LogP contribution in [0.15, 0.2) is 48.8 Å². The van der Waals surface area contributed by atoms with E-state index in [4.69, 9.17) is 15.2 Å². The van der Waals surface area contributed by atoms with E-state index in [-0.39, 0.29) is 0 Å². The van der Waals surface area contributed by atoms with Crippen LogP contribution < -0.4 is 20.5 Å². The maximum absolute atomic E-state index is 5.69. The highest BCUT2D eigenvalue weighted by Gasteiger charge is 2.12. The normalized spacial score (nSPS) is 12.6. The van der Waals surface area contributed by atoms with Crippen molar-refractivity contribution in [1.82, 2.24) is 15.0 Å². The van der Waals surface area contributed by atoms with Gasteiger partial charge in [-0.1, -0.05) is 12.1 Å². The number of hydrogen-bond donors (Lipinski definition) is 2. The molecule has 0 fully saturated rings. The Morgan fingerprint density at radius 1 is 0.960 bits per heavy atom. The highest BCUT2D eigenvalue weighted by Crippen LogP contribution is 2.31. The molecule has 3 aromatic rings. The molecular formula is C18H17N5O2. The predicted octanol–water partition coefficient (Wildman–Crippen LogP) is 2.56. The summed E-state index contributed by atoms with van der Waals surface area (Å²) in [7, 11) is 0. The van der Waals surface area contributed by atoms with E-state index in [1.807, 2.05) is 36.4 Å². The molecule has 0 bridgehead atoms. The van der Waals surface area contributed by atoms with Crippen molar-refractivity contribution in [2.45, 2.75) is 6.42 Å². The average Bonchev–Trinajstić information content (AvgIpc) is 2.62. The molecule has 1 aliphatic heterocycles. The van der Waals surface area contributed by atoms with Crippen molar-refractivity contribution in [3.8, 4) is 11.5 Å². The Morgan fingerprint density at radius 3 is 2.72 bits per heavy atom. The molecule has 0 amide bonds. The number of nitrogens with one attached hydrogen (secondary N) is 1. The molecule has 0 spiro atoms. The van der Waals surface area contributed by atoms with E-state index in [0.717, 1.165) is 22.8 Å². The lowest BCUT2D eigenvalue weighted by Crippen LogP contribution is -2.15. The third kappa shape index (κ3) is 3.60. The summed E-state index contributed by atoms with van der Waals surface area (Å²) in [5, 5.41) is 3.13. The minimum atomic E-state index is 0.454. The molecule has 0 radical (unpaired) electrons. The zero-order valence-electron chi connectivity index (χ0n) is 13.5. The summed E-state index contributed by atoms with van der Waals surface area (Å²) in [6.45, 7) is 1.16. The van der Waals surface area contributed by atoms with E-state index >= 15 is 0 Å². The Balaban J connectivity index is 1.51. The Labute approximate surface area is 144 Å². The van der Waals surface area contributed by atoms with E-state index < -0.39 is 0 Å². The number of nitrogens with two attached hydrogens (primary N) is 1. The van der Waals surface area contributed by atoms with E-state index in [9.17, 15) is 0 Å². The number of aromatic nitrogens is 3. The largest absolute Gasteiger partial charge is 0.486 e. The lowest BCUT2D eigenvalue weighted by Gasteiger charge is -2.18. The summed E-state index contributed by atoms with van der Waals surface area (Å²) >= 11 is 0. The number of pyridine rings is 1. The maximum atomic E-state index is 5.69. The summed E-state index contributed by atoms with van der Waals surface area (Å²) < 4.78 is 11.2. The number of anilines is 3. The molecule has 0 unspecified atom stereocenters. The number of hydrogen-bond acceptors (Lipinski definition) is 7. The van der Waals surface area contributed by atoms with Crippen LogP contribution in [-0.4, -0.2) is 28.2 Å². The van der Waals surface area contributed by atoms with Crippen molar-refractivity contribution in [3.63, 3.8) is 0 Å². The van der Waals surface area contributed by atoms with E-state index in [2.05, 4.69) is 20.3 Å². The second-order valence-corrected chi connectivity index (χ2v) is 5.62. The fourth-order valence-electron chi connectivity index (χ4n) is 2.62. The average molecular weight is 335 g/mol. The summed E-state index contributed by atoms with van der Waals surface area (Å²) in [6.07, 6.45) is 2.19. The van der Waals surface area contributed by atoms with Gasteiger partial charge in [0.05, 0.1) is 5.69 Å². The first-order chi connectivity index (χ1) is 12.3. The minimum absolute atomic E-state index is 0.454. The smallest absolute Gasteiger partial charge is 0.161 e. The van der Waals surface area contributed by atoms with Gasteiger partial charge in [0.15, 0.2) is 11.5 Å². The molecule has 0 saturated carbocycles. The summed E-state index contributed by atoms with van der Waals surface area (Å²) in [5.74, 6) is 3.33. The monoisotopic (exact) mass is 335 g/mol. The fraction of sp³-hybridized carbons (Fsp3) is 0.167. The highest BCUT2D eigenvalue weighted by molar-refractivity contribution is 5.54. The number of benzene rings is 1. The number of nitrogens with zero attached hydrogens (tertiary/aromatic N) is 3. The molecule has 3 N–H and O–H groups in total.